The van der Waals surface area contributed by atoms with Crippen LogP contribution in [0.2, 0.25) is 0 Å². The molecule has 196 valence electrons. The van der Waals surface area contributed by atoms with Crippen LogP contribution in [0.4, 0.5) is 4.79 Å². The number of nitrogens with one attached hydrogen (secondary N) is 1. The van der Waals surface area contributed by atoms with Crippen LogP contribution in [0, 0.1) is 5.41 Å². The van der Waals surface area contributed by atoms with Gasteiger partial charge in [0.2, 0.25) is 13.6 Å². The van der Waals surface area contributed by atoms with Crippen molar-refractivity contribution in [2.75, 3.05) is 34.2 Å². The Morgan fingerprint density at radius 1 is 1.09 bits per heavy atom. The number of hydrogen-bond acceptors (Lipinski definition) is 10. The van der Waals surface area contributed by atoms with Crippen LogP contribution in [-0.4, -0.2) is 62.3 Å². The lowest BCUT2D eigenvalue weighted by Crippen LogP contribution is -2.24. The summed E-state index contributed by atoms with van der Waals surface area (Å²) < 4.78 is 44.3. The Morgan fingerprint density at radius 3 is 2.34 bits per heavy atom. The number of likely N-dealkylation sites (N-methyl/N-ethyl adjacent to an activating group) is 1. The first-order chi connectivity index (χ1) is 16.3. The van der Waals surface area contributed by atoms with Crippen molar-refractivity contribution >= 4 is 30.9 Å². The van der Waals surface area contributed by atoms with Crippen LogP contribution in [0.25, 0.3) is 10.9 Å². The third-order valence-corrected chi connectivity index (χ3v) is 5.78. The van der Waals surface area contributed by atoms with E-state index in [0.29, 0.717) is 11.8 Å². The highest BCUT2D eigenvalue weighted by molar-refractivity contribution is 7.48. The van der Waals surface area contributed by atoms with Gasteiger partial charge in [0.25, 0.3) is 0 Å². The number of hydrogen-bond donors (Lipinski definition) is 1. The molecule has 0 aliphatic heterocycles. The normalized spacial score (nSPS) is 13.6. The molecule has 12 heteroatoms. The quantitative estimate of drug-likeness (QED) is 0.238. The van der Waals surface area contributed by atoms with Gasteiger partial charge in [0.05, 0.1) is 11.5 Å². The fourth-order valence-corrected chi connectivity index (χ4v) is 3.71. The summed E-state index contributed by atoms with van der Waals surface area (Å²) >= 11 is 0. The predicted octanol–water partition coefficient (Wildman–Crippen LogP) is 4.86. The molecule has 0 saturated carbocycles. The van der Waals surface area contributed by atoms with Gasteiger partial charge in [-0.2, -0.15) is 0 Å². The second-order valence-electron chi connectivity index (χ2n) is 9.32. The summed E-state index contributed by atoms with van der Waals surface area (Å²) in [5.74, 6) is -0.340. The number of fused-ring (bicyclic) bond motifs is 1. The number of benzene rings is 1. The number of aromatic nitrogens is 1. The molecule has 0 aliphatic carbocycles. The van der Waals surface area contributed by atoms with Gasteiger partial charge in [-0.25, -0.2) is 18.4 Å². The zero-order valence-corrected chi connectivity index (χ0v) is 22.2. The number of H-pyrrole nitrogens is 1. The molecule has 1 aromatic carbocycles. The highest BCUT2D eigenvalue weighted by atomic mass is 31.2. The van der Waals surface area contributed by atoms with E-state index in [-0.39, 0.29) is 5.75 Å². The zero-order valence-electron chi connectivity index (χ0n) is 21.3. The van der Waals surface area contributed by atoms with Crippen LogP contribution in [0.3, 0.4) is 0 Å². The number of nitrogens with zero attached hydrogens (tertiary/aromatic N) is 1. The maximum absolute atomic E-state index is 13.5. The van der Waals surface area contributed by atoms with Crippen LogP contribution < -0.4 is 4.52 Å². The minimum Gasteiger partial charge on any atom is -0.437 e. The van der Waals surface area contributed by atoms with Crippen molar-refractivity contribution in [3.63, 3.8) is 0 Å². The maximum Gasteiger partial charge on any atom is 0.535 e. The van der Waals surface area contributed by atoms with E-state index in [1.165, 1.54) is 0 Å². The number of aromatic amines is 1. The van der Waals surface area contributed by atoms with Crippen molar-refractivity contribution in [2.24, 2.45) is 5.41 Å². The molecule has 0 bridgehead atoms. The molecule has 1 aromatic heterocycles. The molecule has 0 spiro atoms. The highest BCUT2D eigenvalue weighted by Crippen LogP contribution is 2.51. The molecular weight excluding hydrogens is 479 g/mol. The Labute approximate surface area is 205 Å². The number of carbonyl (C=O) groups excluding carboxylic acids is 2. The van der Waals surface area contributed by atoms with E-state index in [1.807, 2.05) is 31.3 Å². The molecule has 1 N–H and O–H groups in total. The van der Waals surface area contributed by atoms with E-state index >= 15 is 0 Å². The van der Waals surface area contributed by atoms with E-state index in [9.17, 15) is 14.2 Å². The summed E-state index contributed by atoms with van der Waals surface area (Å²) in [5, 5.41) is 0.702. The van der Waals surface area contributed by atoms with Crippen molar-refractivity contribution in [2.45, 2.75) is 47.1 Å². The van der Waals surface area contributed by atoms with Gasteiger partial charge in [-0.15, -0.1) is 0 Å². The number of carbonyl (C=O) groups is 2. The van der Waals surface area contributed by atoms with Crippen LogP contribution in [-0.2, 0) is 39.0 Å². The van der Waals surface area contributed by atoms with E-state index in [0.717, 1.165) is 17.6 Å². The molecular formula is C23H35N2O9P. The van der Waals surface area contributed by atoms with Crippen molar-refractivity contribution in [3.05, 3.63) is 30.0 Å². The van der Waals surface area contributed by atoms with Crippen molar-refractivity contribution in [1.82, 2.24) is 9.88 Å². The van der Waals surface area contributed by atoms with Gasteiger partial charge in [0.15, 0.2) is 0 Å². The molecule has 35 heavy (non-hydrogen) atoms. The molecule has 1 atom stereocenters. The number of ether oxygens (including phenoxy) is 3. The molecule has 0 saturated heterocycles. The fourth-order valence-electron chi connectivity index (χ4n) is 2.77. The van der Waals surface area contributed by atoms with E-state index in [4.69, 9.17) is 27.8 Å². The third-order valence-electron chi connectivity index (χ3n) is 4.52. The van der Waals surface area contributed by atoms with Gasteiger partial charge in [0, 0.05) is 23.6 Å². The fraction of sp³-hybridized carbons (Fsp3) is 0.565. The largest absolute Gasteiger partial charge is 0.535 e. The van der Waals surface area contributed by atoms with Gasteiger partial charge >= 0.3 is 19.9 Å². The monoisotopic (exact) mass is 514 g/mol. The van der Waals surface area contributed by atoms with Gasteiger partial charge in [0.1, 0.15) is 5.75 Å². The molecule has 0 aliphatic rings. The van der Waals surface area contributed by atoms with Gasteiger partial charge in [-0.3, -0.25) is 4.79 Å². The standard InChI is InChI=1S/C23H35N2O9P/c1-16(2)33-22(27)30-15-32-35(28,31-14-29-21(26)23(3,4)5)34-19-10-8-9-18-20(19)17(13-24-18)11-12-25(6)7/h8-10,13,16,24H,11-12,14-15H2,1-7H3. The summed E-state index contributed by atoms with van der Waals surface area (Å²) in [5.41, 5.74) is 0.905. The Bertz CT molecular complexity index is 1040. The Kier molecular flexibility index (Phi) is 10.1. The van der Waals surface area contributed by atoms with E-state index < -0.39 is 45.1 Å². The van der Waals surface area contributed by atoms with Crippen LogP contribution in [0.15, 0.2) is 24.4 Å². The number of phosphoric acid groups is 1. The highest BCUT2D eigenvalue weighted by Gasteiger charge is 2.33. The molecule has 1 heterocycles. The number of esters is 1. The topological polar surface area (TPSA) is 126 Å². The SMILES string of the molecule is CC(C)OC(=O)OCOP(=O)(OCOC(=O)C(C)(C)C)Oc1cccc2[nH]cc(CCN(C)C)c12. The maximum atomic E-state index is 13.5. The van der Waals surface area contributed by atoms with Crippen LogP contribution in [0.1, 0.15) is 40.2 Å². The van der Waals surface area contributed by atoms with Crippen LogP contribution >= 0.6 is 7.82 Å². The number of phosphoric ester groups is 1. The van der Waals surface area contributed by atoms with Crippen LogP contribution in [0.5, 0.6) is 5.75 Å². The molecule has 0 fully saturated rings. The van der Waals surface area contributed by atoms with Crippen molar-refractivity contribution in [3.8, 4) is 5.75 Å². The average molecular weight is 515 g/mol. The molecule has 0 radical (unpaired) electrons. The van der Waals surface area contributed by atoms with Gasteiger partial charge in [-0.05, 0) is 72.8 Å². The zero-order chi connectivity index (χ0) is 26.2. The summed E-state index contributed by atoms with van der Waals surface area (Å²) in [6.07, 6.45) is 1.13. The van der Waals surface area contributed by atoms with E-state index in [1.54, 1.807) is 46.8 Å². The molecule has 1 unspecified atom stereocenters. The lowest BCUT2D eigenvalue weighted by molar-refractivity contribution is -0.160. The molecule has 2 aromatic rings. The first kappa shape index (κ1) is 28.6. The van der Waals surface area contributed by atoms with E-state index in [2.05, 4.69) is 4.98 Å². The number of rotatable bonds is 12. The smallest absolute Gasteiger partial charge is 0.437 e. The van der Waals surface area contributed by atoms with Gasteiger partial charge < -0.3 is 28.6 Å². The lowest BCUT2D eigenvalue weighted by atomic mass is 9.98. The predicted molar refractivity (Wildman–Crippen MR) is 129 cm³/mol. The lowest BCUT2D eigenvalue weighted by Gasteiger charge is -2.21. The van der Waals surface area contributed by atoms with Gasteiger partial charge in [-0.1, -0.05) is 6.07 Å². The minimum atomic E-state index is -4.41. The second-order valence-corrected chi connectivity index (χ2v) is 10.9. The molecule has 11 nitrogen and oxygen atoms in total. The minimum absolute atomic E-state index is 0.229. The summed E-state index contributed by atoms with van der Waals surface area (Å²) in [7, 11) is -0.485. The third kappa shape index (κ3) is 9.18. The first-order valence-electron chi connectivity index (χ1n) is 11.1. The Morgan fingerprint density at radius 2 is 1.74 bits per heavy atom. The van der Waals surface area contributed by atoms with Crippen molar-refractivity contribution < 1.29 is 41.9 Å². The summed E-state index contributed by atoms with van der Waals surface area (Å²) in [6.45, 7) is 7.60. The first-order valence-corrected chi connectivity index (χ1v) is 12.6. The second kappa shape index (κ2) is 12.4. The summed E-state index contributed by atoms with van der Waals surface area (Å²) in [4.78, 5) is 28.9. The average Bonchev–Trinajstić information content (AvgIpc) is 3.15. The molecule has 2 rings (SSSR count). The molecule has 0 amide bonds. The Hall–Kier alpha value is -2.59. The summed E-state index contributed by atoms with van der Waals surface area (Å²) in [6, 6.07) is 5.18. The Balaban J connectivity index is 2.23. The van der Waals surface area contributed by atoms with Crippen molar-refractivity contribution in [1.29, 1.82) is 0 Å².